The molecule has 0 unspecified atom stereocenters. The van der Waals surface area contributed by atoms with Gasteiger partial charge in [0.05, 0.1) is 10.0 Å². The molecule has 0 aliphatic heterocycles. The Bertz CT molecular complexity index is 982. The van der Waals surface area contributed by atoms with Gasteiger partial charge in [0.2, 0.25) is 0 Å². The van der Waals surface area contributed by atoms with Crippen LogP contribution in [0.15, 0.2) is 59.0 Å². The van der Waals surface area contributed by atoms with Gasteiger partial charge in [-0.3, -0.25) is 4.79 Å². The zero-order valence-corrected chi connectivity index (χ0v) is 16.5. The molecule has 1 aromatic heterocycles. The minimum atomic E-state index is -0.182. The number of rotatable bonds is 6. The van der Waals surface area contributed by atoms with Crippen LogP contribution in [0.2, 0.25) is 10.0 Å². The molecule has 5 heteroatoms. The second-order valence-electron chi connectivity index (χ2n) is 6.24. The summed E-state index contributed by atoms with van der Waals surface area (Å²) in [5, 5.41) is 0.761. The quantitative estimate of drug-likeness (QED) is 0.342. The van der Waals surface area contributed by atoms with E-state index in [0.717, 1.165) is 16.9 Å². The van der Waals surface area contributed by atoms with Crippen LogP contribution in [0.5, 0.6) is 5.75 Å². The summed E-state index contributed by atoms with van der Waals surface area (Å²) in [6.45, 7) is 4.37. The standard InChI is InChI=1S/C22H18Cl2O3/c1-14-9-15(2)11-19(10-14)26-13-18-5-4-17(27-18)6-8-22(25)16-3-7-20(23)21(24)12-16/h3-12H,13H2,1-2H3/b8-6+. The van der Waals surface area contributed by atoms with Crippen LogP contribution in [0.25, 0.3) is 6.08 Å². The smallest absolute Gasteiger partial charge is 0.186 e. The number of hydrogen-bond acceptors (Lipinski definition) is 3. The number of halogens is 2. The van der Waals surface area contributed by atoms with E-state index in [2.05, 4.69) is 6.07 Å². The number of carbonyl (C=O) groups is 1. The Morgan fingerprint density at radius 3 is 2.44 bits per heavy atom. The van der Waals surface area contributed by atoms with Crippen LogP contribution in [0.3, 0.4) is 0 Å². The lowest BCUT2D eigenvalue weighted by Crippen LogP contribution is -1.94. The van der Waals surface area contributed by atoms with E-state index in [0.29, 0.717) is 33.7 Å². The molecule has 0 radical (unpaired) electrons. The molecule has 0 fully saturated rings. The number of ketones is 1. The van der Waals surface area contributed by atoms with E-state index < -0.39 is 0 Å². The highest BCUT2D eigenvalue weighted by atomic mass is 35.5. The van der Waals surface area contributed by atoms with Crippen molar-refractivity contribution in [3.8, 4) is 5.75 Å². The van der Waals surface area contributed by atoms with Crippen molar-refractivity contribution in [2.75, 3.05) is 0 Å². The summed E-state index contributed by atoms with van der Waals surface area (Å²) in [6.07, 6.45) is 3.05. The first kappa shape index (κ1) is 19.3. The van der Waals surface area contributed by atoms with Crippen LogP contribution in [0, 0.1) is 13.8 Å². The Morgan fingerprint density at radius 2 is 1.74 bits per heavy atom. The van der Waals surface area contributed by atoms with Crippen molar-refractivity contribution in [3.05, 3.63) is 92.9 Å². The molecule has 0 atom stereocenters. The fourth-order valence-corrected chi connectivity index (χ4v) is 2.93. The highest BCUT2D eigenvalue weighted by Gasteiger charge is 2.06. The average molecular weight is 401 g/mol. The molecule has 1 heterocycles. The maximum absolute atomic E-state index is 12.2. The van der Waals surface area contributed by atoms with Gasteiger partial charge in [0.1, 0.15) is 23.9 Å². The molecule has 0 aliphatic carbocycles. The van der Waals surface area contributed by atoms with Crippen molar-refractivity contribution in [1.82, 2.24) is 0 Å². The Kier molecular flexibility index (Phi) is 6.04. The fraction of sp³-hybridized carbons (Fsp3) is 0.136. The maximum atomic E-state index is 12.2. The van der Waals surface area contributed by atoms with Crippen LogP contribution in [-0.2, 0) is 6.61 Å². The molecule has 0 N–H and O–H groups in total. The van der Waals surface area contributed by atoms with E-state index in [4.69, 9.17) is 32.4 Å². The molecule has 27 heavy (non-hydrogen) atoms. The number of carbonyl (C=O) groups excluding carboxylic acids is 1. The lowest BCUT2D eigenvalue weighted by Gasteiger charge is -2.06. The van der Waals surface area contributed by atoms with E-state index in [1.165, 1.54) is 6.08 Å². The second-order valence-corrected chi connectivity index (χ2v) is 7.06. The molecule has 0 amide bonds. The normalized spacial score (nSPS) is 11.1. The van der Waals surface area contributed by atoms with Crippen molar-refractivity contribution in [1.29, 1.82) is 0 Å². The third-order valence-corrected chi connectivity index (χ3v) is 4.60. The largest absolute Gasteiger partial charge is 0.486 e. The zero-order chi connectivity index (χ0) is 19.4. The molecule has 2 aromatic carbocycles. The van der Waals surface area contributed by atoms with Crippen LogP contribution in [0.4, 0.5) is 0 Å². The van der Waals surface area contributed by atoms with Crippen molar-refractivity contribution >= 4 is 35.1 Å². The Hall–Kier alpha value is -2.49. The molecular formula is C22H18Cl2O3. The fourth-order valence-electron chi connectivity index (χ4n) is 2.64. The number of hydrogen-bond donors (Lipinski definition) is 0. The van der Waals surface area contributed by atoms with Gasteiger partial charge in [-0.2, -0.15) is 0 Å². The summed E-state index contributed by atoms with van der Waals surface area (Å²) in [4.78, 5) is 12.2. The van der Waals surface area contributed by atoms with E-state index in [1.54, 1.807) is 30.3 Å². The summed E-state index contributed by atoms with van der Waals surface area (Å²) >= 11 is 11.8. The molecule has 0 saturated carbocycles. The maximum Gasteiger partial charge on any atom is 0.186 e. The van der Waals surface area contributed by atoms with Crippen LogP contribution >= 0.6 is 23.2 Å². The number of aryl methyl sites for hydroxylation is 2. The number of allylic oxidation sites excluding steroid dienone is 1. The van der Waals surface area contributed by atoms with Gasteiger partial charge in [-0.1, -0.05) is 29.3 Å². The molecule has 0 aliphatic rings. The van der Waals surface area contributed by atoms with E-state index >= 15 is 0 Å². The summed E-state index contributed by atoms with van der Waals surface area (Å²) in [6, 6.07) is 14.4. The Balaban J connectivity index is 1.62. The molecule has 0 saturated heterocycles. The van der Waals surface area contributed by atoms with Gasteiger partial charge in [0.25, 0.3) is 0 Å². The minimum absolute atomic E-state index is 0.182. The third kappa shape index (κ3) is 5.25. The second kappa shape index (κ2) is 8.47. The molecule has 3 nitrogen and oxygen atoms in total. The van der Waals surface area contributed by atoms with E-state index in [9.17, 15) is 4.79 Å². The van der Waals surface area contributed by atoms with Crippen molar-refractivity contribution in [3.63, 3.8) is 0 Å². The summed E-state index contributed by atoms with van der Waals surface area (Å²) < 4.78 is 11.5. The molecule has 3 rings (SSSR count). The zero-order valence-electron chi connectivity index (χ0n) is 15.0. The van der Waals surface area contributed by atoms with Gasteiger partial charge in [0.15, 0.2) is 5.78 Å². The lowest BCUT2D eigenvalue weighted by atomic mass is 10.1. The predicted octanol–water partition coefficient (Wildman–Crippen LogP) is 6.68. The number of benzene rings is 2. The highest BCUT2D eigenvalue weighted by molar-refractivity contribution is 6.42. The lowest BCUT2D eigenvalue weighted by molar-refractivity contribution is 0.104. The first-order valence-corrected chi connectivity index (χ1v) is 9.13. The first-order chi connectivity index (χ1) is 12.9. The predicted molar refractivity (Wildman–Crippen MR) is 109 cm³/mol. The minimum Gasteiger partial charge on any atom is -0.486 e. The Morgan fingerprint density at radius 1 is 1.00 bits per heavy atom. The molecule has 0 spiro atoms. The number of furan rings is 1. The van der Waals surface area contributed by atoms with Gasteiger partial charge in [-0.05, 0) is 79.6 Å². The molecule has 138 valence electrons. The van der Waals surface area contributed by atoms with Crippen molar-refractivity contribution < 1.29 is 13.9 Å². The van der Waals surface area contributed by atoms with Crippen LogP contribution < -0.4 is 4.74 Å². The number of ether oxygens (including phenoxy) is 1. The van der Waals surface area contributed by atoms with Crippen LogP contribution in [0.1, 0.15) is 33.0 Å². The van der Waals surface area contributed by atoms with Crippen molar-refractivity contribution in [2.24, 2.45) is 0 Å². The highest BCUT2D eigenvalue weighted by Crippen LogP contribution is 2.23. The monoisotopic (exact) mass is 400 g/mol. The molecule has 0 bridgehead atoms. The first-order valence-electron chi connectivity index (χ1n) is 8.38. The molecular weight excluding hydrogens is 383 g/mol. The van der Waals surface area contributed by atoms with Gasteiger partial charge in [-0.15, -0.1) is 0 Å². The SMILES string of the molecule is Cc1cc(C)cc(OCc2ccc(/C=C/C(=O)c3ccc(Cl)c(Cl)c3)o2)c1. The summed E-state index contributed by atoms with van der Waals surface area (Å²) in [5.74, 6) is 1.87. The Labute approximate surface area is 168 Å². The molecule has 3 aromatic rings. The van der Waals surface area contributed by atoms with Gasteiger partial charge in [0, 0.05) is 5.56 Å². The third-order valence-electron chi connectivity index (χ3n) is 3.86. The summed E-state index contributed by atoms with van der Waals surface area (Å²) in [5.41, 5.74) is 2.76. The topological polar surface area (TPSA) is 39.4 Å². The van der Waals surface area contributed by atoms with Gasteiger partial charge >= 0.3 is 0 Å². The van der Waals surface area contributed by atoms with E-state index in [-0.39, 0.29) is 5.78 Å². The summed E-state index contributed by atoms with van der Waals surface area (Å²) in [7, 11) is 0. The van der Waals surface area contributed by atoms with Crippen molar-refractivity contribution in [2.45, 2.75) is 20.5 Å². The van der Waals surface area contributed by atoms with Crippen LogP contribution in [-0.4, -0.2) is 5.78 Å². The average Bonchev–Trinajstić information content (AvgIpc) is 3.07. The van der Waals surface area contributed by atoms with Gasteiger partial charge in [-0.25, -0.2) is 0 Å². The van der Waals surface area contributed by atoms with E-state index in [1.807, 2.05) is 32.0 Å². The van der Waals surface area contributed by atoms with Gasteiger partial charge < -0.3 is 9.15 Å².